The van der Waals surface area contributed by atoms with Crippen LogP contribution in [0.5, 0.6) is 0 Å². The highest BCUT2D eigenvalue weighted by molar-refractivity contribution is 5.03. The number of hydrogen-bond acceptors (Lipinski definition) is 1. The Morgan fingerprint density at radius 3 is 1.72 bits per heavy atom. The lowest BCUT2D eigenvalue weighted by molar-refractivity contribution is 0.129. The topological polar surface area (TPSA) is 9.23 Å². The maximum absolute atomic E-state index is 5.50. The second kappa shape index (κ2) is 4.81. The van der Waals surface area contributed by atoms with E-state index in [4.69, 9.17) is 4.74 Å². The molecular weight excluding hydrogens is 220 g/mol. The monoisotopic (exact) mass is 250 g/mol. The van der Waals surface area contributed by atoms with E-state index in [1.54, 1.807) is 12.8 Å². The molecule has 1 heterocycles. The van der Waals surface area contributed by atoms with Gasteiger partial charge in [0.15, 0.2) is 0 Å². The number of fused-ring (bicyclic) bond motifs is 2. The van der Waals surface area contributed by atoms with Crippen LogP contribution in [0, 0.1) is 41.4 Å². The molecule has 1 saturated heterocycles. The van der Waals surface area contributed by atoms with Crippen LogP contribution in [0.25, 0.3) is 0 Å². The Balaban J connectivity index is 0.000000111. The summed E-state index contributed by atoms with van der Waals surface area (Å²) in [5.41, 5.74) is 0. The van der Waals surface area contributed by atoms with E-state index in [2.05, 4.69) is 27.7 Å². The molecule has 0 bridgehead atoms. The minimum atomic E-state index is 0.671. The fourth-order valence-electron chi connectivity index (χ4n) is 5.04. The molecule has 3 aliphatic carbocycles. The van der Waals surface area contributed by atoms with Gasteiger partial charge in [-0.3, -0.25) is 0 Å². The molecule has 18 heavy (non-hydrogen) atoms. The van der Waals surface area contributed by atoms with Gasteiger partial charge in [0.25, 0.3) is 0 Å². The fraction of sp³-hybridized carbons (Fsp3) is 1.00. The molecule has 104 valence electrons. The van der Waals surface area contributed by atoms with Gasteiger partial charge in [0.05, 0.1) is 6.10 Å². The molecule has 1 aliphatic heterocycles. The molecule has 0 spiro atoms. The Kier molecular flexibility index (Phi) is 3.47. The molecule has 4 fully saturated rings. The van der Waals surface area contributed by atoms with E-state index in [-0.39, 0.29) is 0 Å². The van der Waals surface area contributed by atoms with Gasteiger partial charge in [0.2, 0.25) is 0 Å². The Hall–Kier alpha value is -0.0400. The van der Waals surface area contributed by atoms with Crippen LogP contribution in [0.3, 0.4) is 0 Å². The highest BCUT2D eigenvalue weighted by Gasteiger charge is 2.55. The molecule has 4 rings (SSSR count). The molecule has 1 nitrogen and oxygen atoms in total. The third-order valence-electron chi connectivity index (χ3n) is 5.93. The molecule has 1 heteroatoms. The SMILES string of the molecule is CC(C)C1C2CCOC21.CC(C)C1[C@@H]2CCC[C@@H]12. The van der Waals surface area contributed by atoms with Crippen molar-refractivity contribution in [1.29, 1.82) is 0 Å². The van der Waals surface area contributed by atoms with Gasteiger partial charge >= 0.3 is 0 Å². The smallest absolute Gasteiger partial charge is 0.0642 e. The summed E-state index contributed by atoms with van der Waals surface area (Å²) >= 11 is 0. The second-order valence-corrected chi connectivity index (χ2v) is 7.69. The Morgan fingerprint density at radius 1 is 0.778 bits per heavy atom. The lowest BCUT2D eigenvalue weighted by Gasteiger charge is -2.05. The van der Waals surface area contributed by atoms with Crippen LogP contribution < -0.4 is 0 Å². The summed E-state index contributed by atoms with van der Waals surface area (Å²) in [5, 5.41) is 0. The number of rotatable bonds is 2. The zero-order valence-corrected chi connectivity index (χ0v) is 12.6. The van der Waals surface area contributed by atoms with E-state index in [9.17, 15) is 0 Å². The summed E-state index contributed by atoms with van der Waals surface area (Å²) in [6.07, 6.45) is 6.62. The van der Waals surface area contributed by atoms with Crippen LogP contribution >= 0.6 is 0 Å². The quantitative estimate of drug-likeness (QED) is 0.707. The minimum Gasteiger partial charge on any atom is -0.378 e. The second-order valence-electron chi connectivity index (χ2n) is 7.69. The average molecular weight is 250 g/mol. The van der Waals surface area contributed by atoms with Crippen LogP contribution in [-0.4, -0.2) is 12.7 Å². The first-order valence-electron chi connectivity index (χ1n) is 8.23. The fourth-order valence-corrected chi connectivity index (χ4v) is 5.04. The highest BCUT2D eigenvalue weighted by atomic mass is 16.5. The predicted octanol–water partition coefficient (Wildman–Crippen LogP) is 4.37. The molecule has 0 aromatic heterocycles. The van der Waals surface area contributed by atoms with Gasteiger partial charge in [-0.1, -0.05) is 34.1 Å². The van der Waals surface area contributed by atoms with Gasteiger partial charge in [-0.25, -0.2) is 0 Å². The van der Waals surface area contributed by atoms with Crippen molar-refractivity contribution in [2.24, 2.45) is 41.4 Å². The lowest BCUT2D eigenvalue weighted by Crippen LogP contribution is -2.02. The van der Waals surface area contributed by atoms with Crippen molar-refractivity contribution in [3.63, 3.8) is 0 Å². The summed E-state index contributed by atoms with van der Waals surface area (Å²) in [6.45, 7) is 10.4. The summed E-state index contributed by atoms with van der Waals surface area (Å²) in [5.74, 6) is 7.16. The first-order valence-corrected chi connectivity index (χ1v) is 8.23. The predicted molar refractivity (Wildman–Crippen MR) is 75.3 cm³/mol. The molecule has 0 amide bonds. The molecular formula is C17H30O. The molecule has 5 atom stereocenters. The van der Waals surface area contributed by atoms with E-state index in [1.165, 1.54) is 24.7 Å². The van der Waals surface area contributed by atoms with Crippen molar-refractivity contribution in [2.75, 3.05) is 6.61 Å². The summed E-state index contributed by atoms with van der Waals surface area (Å²) in [7, 11) is 0. The van der Waals surface area contributed by atoms with Crippen LogP contribution in [0.15, 0.2) is 0 Å². The largest absolute Gasteiger partial charge is 0.378 e. The molecule has 3 saturated carbocycles. The zero-order chi connectivity index (χ0) is 12.9. The third kappa shape index (κ3) is 2.24. The van der Waals surface area contributed by atoms with Gasteiger partial charge in [0.1, 0.15) is 0 Å². The lowest BCUT2D eigenvalue weighted by atomic mass is 10.0. The van der Waals surface area contributed by atoms with Crippen molar-refractivity contribution in [3.05, 3.63) is 0 Å². The average Bonchev–Trinajstić information content (AvgIpc) is 3.05. The van der Waals surface area contributed by atoms with Crippen molar-refractivity contribution >= 4 is 0 Å². The molecule has 0 aromatic carbocycles. The normalized spacial score (nSPS) is 47.7. The maximum Gasteiger partial charge on any atom is 0.0642 e. The Bertz CT molecular complexity index is 246. The molecule has 0 radical (unpaired) electrons. The van der Waals surface area contributed by atoms with Crippen molar-refractivity contribution < 1.29 is 4.74 Å². The van der Waals surface area contributed by atoms with Crippen molar-refractivity contribution in [1.82, 2.24) is 0 Å². The molecule has 3 unspecified atom stereocenters. The number of hydrogen-bond donors (Lipinski definition) is 0. The van der Waals surface area contributed by atoms with E-state index in [0.29, 0.717) is 6.10 Å². The molecule has 4 aliphatic rings. The van der Waals surface area contributed by atoms with E-state index in [0.717, 1.165) is 36.2 Å². The van der Waals surface area contributed by atoms with E-state index in [1.807, 2.05) is 0 Å². The van der Waals surface area contributed by atoms with Crippen LogP contribution in [0.2, 0.25) is 0 Å². The summed E-state index contributed by atoms with van der Waals surface area (Å²) in [6, 6.07) is 0. The highest BCUT2D eigenvalue weighted by Crippen LogP contribution is 2.60. The van der Waals surface area contributed by atoms with E-state index >= 15 is 0 Å². The minimum absolute atomic E-state index is 0.671. The van der Waals surface area contributed by atoms with Gasteiger partial charge in [-0.2, -0.15) is 0 Å². The summed E-state index contributed by atoms with van der Waals surface area (Å²) in [4.78, 5) is 0. The standard InChI is InChI=1S/C9H16.C8H14O/c1-6(2)9-7-4-3-5-8(7)9;1-5(2)7-6-3-4-9-8(6)7/h6-9H,3-5H2,1-2H3;5-8H,3-4H2,1-2H3/t7-,8-;/m1./s1. The van der Waals surface area contributed by atoms with Gasteiger partial charge in [-0.05, 0) is 60.7 Å². The van der Waals surface area contributed by atoms with Crippen LogP contribution in [0.4, 0.5) is 0 Å². The van der Waals surface area contributed by atoms with Crippen LogP contribution in [-0.2, 0) is 4.74 Å². The van der Waals surface area contributed by atoms with Gasteiger partial charge < -0.3 is 4.74 Å². The molecule has 0 aromatic rings. The third-order valence-corrected chi connectivity index (χ3v) is 5.93. The number of ether oxygens (including phenoxy) is 1. The van der Waals surface area contributed by atoms with Crippen molar-refractivity contribution in [3.8, 4) is 0 Å². The first-order chi connectivity index (χ1) is 8.61. The van der Waals surface area contributed by atoms with Gasteiger partial charge in [-0.15, -0.1) is 0 Å². The zero-order valence-electron chi connectivity index (χ0n) is 12.6. The first kappa shape index (κ1) is 13.0. The maximum atomic E-state index is 5.50. The van der Waals surface area contributed by atoms with Crippen LogP contribution in [0.1, 0.15) is 53.4 Å². The van der Waals surface area contributed by atoms with E-state index < -0.39 is 0 Å². The molecule has 0 N–H and O–H groups in total. The van der Waals surface area contributed by atoms with Crippen molar-refractivity contribution in [2.45, 2.75) is 59.5 Å². The Morgan fingerprint density at radius 2 is 1.39 bits per heavy atom. The Labute approximate surface area is 113 Å². The summed E-state index contributed by atoms with van der Waals surface area (Å²) < 4.78 is 5.50. The van der Waals surface area contributed by atoms with Gasteiger partial charge in [0, 0.05) is 6.61 Å².